The Morgan fingerprint density at radius 2 is 1.96 bits per heavy atom. The Hall–Kier alpha value is -2.24. The van der Waals surface area contributed by atoms with Gasteiger partial charge in [-0.05, 0) is 44.0 Å². The summed E-state index contributed by atoms with van der Waals surface area (Å²) in [7, 11) is 1.90. The van der Waals surface area contributed by atoms with Crippen LogP contribution in [0.2, 0.25) is 0 Å². The summed E-state index contributed by atoms with van der Waals surface area (Å²) in [4.78, 5) is 21.9. The molecule has 4 nitrogen and oxygen atoms in total. The first kappa shape index (κ1) is 19.1. The normalized spacial score (nSPS) is 17.7. The highest BCUT2D eigenvalue weighted by Gasteiger charge is 2.29. The largest absolute Gasteiger partial charge is 0.340 e. The lowest BCUT2D eigenvalue weighted by Crippen LogP contribution is -2.42. The second-order valence-electron chi connectivity index (χ2n) is 7.74. The first-order valence-corrected chi connectivity index (χ1v) is 10.8. The van der Waals surface area contributed by atoms with E-state index in [4.69, 9.17) is 4.98 Å². The number of thiazole rings is 1. The van der Waals surface area contributed by atoms with Gasteiger partial charge in [0.1, 0.15) is 5.01 Å². The van der Waals surface area contributed by atoms with Crippen molar-refractivity contribution in [2.75, 3.05) is 20.1 Å². The quantitative estimate of drug-likeness (QED) is 0.625. The summed E-state index contributed by atoms with van der Waals surface area (Å²) in [5.74, 6) is 0.175. The number of rotatable bonds is 5. The number of aromatic nitrogens is 1. The Balaban J connectivity index is 1.45. The van der Waals surface area contributed by atoms with Gasteiger partial charge in [-0.3, -0.25) is 9.69 Å². The summed E-state index contributed by atoms with van der Waals surface area (Å²) in [6.45, 7) is 4.16. The Morgan fingerprint density at radius 1 is 1.18 bits per heavy atom. The number of aryl methyl sites for hydroxylation is 1. The van der Waals surface area contributed by atoms with Gasteiger partial charge in [-0.15, -0.1) is 11.3 Å². The van der Waals surface area contributed by atoms with Crippen molar-refractivity contribution >= 4 is 27.5 Å². The number of hydrogen-bond donors (Lipinski definition) is 0. The van der Waals surface area contributed by atoms with Crippen LogP contribution in [-0.4, -0.2) is 40.8 Å². The molecule has 0 N–H and O–H groups in total. The summed E-state index contributed by atoms with van der Waals surface area (Å²) in [6, 6.07) is 17.0. The highest BCUT2D eigenvalue weighted by molar-refractivity contribution is 7.18. The number of amides is 1. The third-order valence-electron chi connectivity index (χ3n) is 5.51. The topological polar surface area (TPSA) is 36.4 Å². The van der Waals surface area contributed by atoms with Crippen LogP contribution in [0.5, 0.6) is 0 Å². The average molecular weight is 394 g/mol. The Bertz CT molecular complexity index is 917. The first-order chi connectivity index (χ1) is 13.6. The maximum atomic E-state index is 12.9. The Morgan fingerprint density at radius 3 is 2.75 bits per heavy atom. The zero-order valence-corrected chi connectivity index (χ0v) is 17.4. The molecule has 4 rings (SSSR count). The molecule has 1 atom stereocenters. The highest BCUT2D eigenvalue weighted by Crippen LogP contribution is 2.35. The van der Waals surface area contributed by atoms with E-state index in [1.165, 1.54) is 22.2 Å². The minimum absolute atomic E-state index is 0.175. The molecule has 3 aromatic rings. The van der Waals surface area contributed by atoms with E-state index in [9.17, 15) is 4.79 Å². The minimum atomic E-state index is 0.175. The van der Waals surface area contributed by atoms with Crippen molar-refractivity contribution in [3.8, 4) is 0 Å². The number of nitrogens with zero attached hydrogens (tertiary/aromatic N) is 3. The molecule has 0 unspecified atom stereocenters. The molecule has 0 radical (unpaired) electrons. The van der Waals surface area contributed by atoms with E-state index >= 15 is 0 Å². The molecule has 2 aromatic carbocycles. The number of carbonyl (C=O) groups is 1. The Kier molecular flexibility index (Phi) is 5.74. The predicted octanol–water partition coefficient (Wildman–Crippen LogP) is 4.79. The van der Waals surface area contributed by atoms with Gasteiger partial charge in [0.2, 0.25) is 5.91 Å². The Labute approximate surface area is 170 Å². The molecular formula is C23H27N3OS. The number of hydrogen-bond acceptors (Lipinski definition) is 4. The number of piperidine rings is 1. The van der Waals surface area contributed by atoms with Crippen molar-refractivity contribution in [2.45, 2.75) is 38.8 Å². The molecule has 1 aliphatic rings. The molecule has 1 aliphatic heterocycles. The van der Waals surface area contributed by atoms with Gasteiger partial charge in [0, 0.05) is 13.6 Å². The van der Waals surface area contributed by atoms with Gasteiger partial charge in [0.05, 0.1) is 22.8 Å². The van der Waals surface area contributed by atoms with Crippen molar-refractivity contribution in [2.24, 2.45) is 0 Å². The summed E-state index contributed by atoms with van der Waals surface area (Å²) >= 11 is 1.77. The van der Waals surface area contributed by atoms with Crippen molar-refractivity contribution in [3.05, 3.63) is 64.7 Å². The standard InChI is InChI=1S/C23H27N3OS/c1-17-10-12-18(13-11-17)15-25(2)22(27)16-26-14-6-5-8-20(26)23-24-19-7-3-4-9-21(19)28-23/h3-4,7,9-13,20H,5-6,8,14-16H2,1-2H3/t20-/m1/s1. The molecule has 0 spiro atoms. The second-order valence-corrected chi connectivity index (χ2v) is 8.80. The van der Waals surface area contributed by atoms with Crippen LogP contribution in [0.4, 0.5) is 0 Å². The van der Waals surface area contributed by atoms with Crippen LogP contribution in [0.15, 0.2) is 48.5 Å². The maximum absolute atomic E-state index is 12.9. The lowest BCUT2D eigenvalue weighted by atomic mass is 10.0. The van der Waals surface area contributed by atoms with Gasteiger partial charge >= 0.3 is 0 Å². The van der Waals surface area contributed by atoms with Crippen molar-refractivity contribution in [1.29, 1.82) is 0 Å². The first-order valence-electron chi connectivity index (χ1n) is 9.99. The van der Waals surface area contributed by atoms with Crippen LogP contribution in [0.25, 0.3) is 10.2 Å². The van der Waals surface area contributed by atoms with E-state index < -0.39 is 0 Å². The van der Waals surface area contributed by atoms with Crippen molar-refractivity contribution < 1.29 is 4.79 Å². The van der Waals surface area contributed by atoms with Crippen LogP contribution < -0.4 is 0 Å². The SMILES string of the molecule is Cc1ccc(CN(C)C(=O)CN2CCCC[C@@H]2c2nc3ccccc3s2)cc1. The lowest BCUT2D eigenvalue weighted by Gasteiger charge is -2.34. The molecule has 1 amide bonds. The fraction of sp³-hybridized carbons (Fsp3) is 0.391. The average Bonchev–Trinajstić information content (AvgIpc) is 3.14. The fourth-order valence-electron chi connectivity index (χ4n) is 3.84. The summed E-state index contributed by atoms with van der Waals surface area (Å²) in [5.41, 5.74) is 3.48. The lowest BCUT2D eigenvalue weighted by molar-refractivity contribution is -0.132. The molecule has 0 aliphatic carbocycles. The number of para-hydroxylation sites is 1. The molecular weight excluding hydrogens is 366 g/mol. The number of likely N-dealkylation sites (N-methyl/N-ethyl adjacent to an activating group) is 1. The van der Waals surface area contributed by atoms with E-state index in [-0.39, 0.29) is 11.9 Å². The summed E-state index contributed by atoms with van der Waals surface area (Å²) in [6.07, 6.45) is 3.43. The smallest absolute Gasteiger partial charge is 0.236 e. The van der Waals surface area contributed by atoms with Gasteiger partial charge in [0.15, 0.2) is 0 Å². The van der Waals surface area contributed by atoms with Gasteiger partial charge in [-0.2, -0.15) is 0 Å². The second kappa shape index (κ2) is 8.41. The number of carbonyl (C=O) groups excluding carboxylic acids is 1. The number of fused-ring (bicyclic) bond motifs is 1. The van der Waals surface area contributed by atoms with Crippen LogP contribution in [-0.2, 0) is 11.3 Å². The molecule has 0 bridgehead atoms. The van der Waals surface area contributed by atoms with Gasteiger partial charge in [-0.1, -0.05) is 48.4 Å². The monoisotopic (exact) mass is 393 g/mol. The van der Waals surface area contributed by atoms with Gasteiger partial charge < -0.3 is 4.90 Å². The van der Waals surface area contributed by atoms with E-state index in [1.54, 1.807) is 11.3 Å². The zero-order chi connectivity index (χ0) is 19.5. The van der Waals surface area contributed by atoms with Gasteiger partial charge in [0.25, 0.3) is 0 Å². The summed E-state index contributed by atoms with van der Waals surface area (Å²) in [5, 5.41) is 1.15. The zero-order valence-electron chi connectivity index (χ0n) is 16.6. The van der Waals surface area contributed by atoms with Crippen LogP contribution >= 0.6 is 11.3 Å². The van der Waals surface area contributed by atoms with Crippen molar-refractivity contribution in [1.82, 2.24) is 14.8 Å². The molecule has 28 heavy (non-hydrogen) atoms. The summed E-state index contributed by atoms with van der Waals surface area (Å²) < 4.78 is 1.23. The van der Waals surface area contributed by atoms with Gasteiger partial charge in [-0.25, -0.2) is 4.98 Å². The molecule has 1 aromatic heterocycles. The van der Waals surface area contributed by atoms with Crippen molar-refractivity contribution in [3.63, 3.8) is 0 Å². The van der Waals surface area contributed by atoms with E-state index in [2.05, 4.69) is 54.3 Å². The molecule has 0 saturated carbocycles. The minimum Gasteiger partial charge on any atom is -0.340 e. The fourth-order valence-corrected chi connectivity index (χ4v) is 4.98. The molecule has 146 valence electrons. The molecule has 2 heterocycles. The predicted molar refractivity (Wildman–Crippen MR) is 115 cm³/mol. The molecule has 1 fully saturated rings. The maximum Gasteiger partial charge on any atom is 0.236 e. The molecule has 1 saturated heterocycles. The van der Waals surface area contributed by atoms with E-state index in [1.807, 2.05) is 18.0 Å². The van der Waals surface area contributed by atoms with Crippen LogP contribution in [0.1, 0.15) is 41.4 Å². The molecule has 5 heteroatoms. The van der Waals surface area contributed by atoms with E-state index in [0.29, 0.717) is 13.1 Å². The number of benzene rings is 2. The number of likely N-dealkylation sites (tertiary alicyclic amines) is 1. The van der Waals surface area contributed by atoms with Crippen LogP contribution in [0.3, 0.4) is 0 Å². The van der Waals surface area contributed by atoms with E-state index in [0.717, 1.165) is 29.9 Å². The third-order valence-corrected chi connectivity index (χ3v) is 6.65. The third kappa shape index (κ3) is 4.26. The van der Waals surface area contributed by atoms with Crippen LogP contribution in [0, 0.1) is 6.92 Å². The highest BCUT2D eigenvalue weighted by atomic mass is 32.1.